The molecule has 0 radical (unpaired) electrons. The number of hydrogen-bond acceptors (Lipinski definition) is 2. The molecule has 0 aromatic rings. The monoisotopic (exact) mass is 220 g/mol. The van der Waals surface area contributed by atoms with Gasteiger partial charge in [0.1, 0.15) is 6.11 Å². The van der Waals surface area contributed by atoms with Gasteiger partial charge in [-0.25, -0.2) is 0 Å². The molecule has 4 bridgehead atoms. The summed E-state index contributed by atoms with van der Waals surface area (Å²) in [7, 11) is 0. The van der Waals surface area contributed by atoms with E-state index in [0.717, 1.165) is 24.7 Å². The third-order valence-electron chi connectivity index (χ3n) is 4.77. The molecule has 4 rings (SSSR count). The summed E-state index contributed by atoms with van der Waals surface area (Å²) in [6, 6.07) is 0. The van der Waals surface area contributed by atoms with Gasteiger partial charge in [0.25, 0.3) is 0 Å². The molecule has 4 aliphatic carbocycles. The van der Waals surface area contributed by atoms with Gasteiger partial charge < -0.3 is 9.84 Å². The maximum absolute atomic E-state index is 10.4. The van der Waals surface area contributed by atoms with Crippen LogP contribution in [0.15, 0.2) is 0 Å². The molecule has 4 fully saturated rings. The second kappa shape index (κ2) is 3.67. The highest BCUT2D eigenvalue weighted by atomic mass is 16.5. The molecule has 2 heteroatoms. The number of aliphatic hydroxyl groups excluding tert-OH is 1. The topological polar surface area (TPSA) is 29.5 Å². The van der Waals surface area contributed by atoms with Crippen molar-refractivity contribution in [3.05, 3.63) is 0 Å². The highest BCUT2D eigenvalue weighted by molar-refractivity contribution is 5.20. The molecule has 4 aliphatic rings. The van der Waals surface area contributed by atoms with Crippen molar-refractivity contribution in [2.45, 2.75) is 45.1 Å². The van der Waals surface area contributed by atoms with Crippen molar-refractivity contribution in [3.8, 4) is 12.0 Å². The normalized spacial score (nSPS) is 48.6. The molecule has 4 saturated carbocycles. The lowest BCUT2D eigenvalue weighted by Crippen LogP contribution is -2.55. The van der Waals surface area contributed by atoms with Crippen LogP contribution < -0.4 is 0 Å². The Kier molecular flexibility index (Phi) is 2.40. The van der Waals surface area contributed by atoms with Gasteiger partial charge in [-0.2, -0.15) is 0 Å². The van der Waals surface area contributed by atoms with Crippen molar-refractivity contribution in [3.63, 3.8) is 0 Å². The Balaban J connectivity index is 1.86. The van der Waals surface area contributed by atoms with Crippen LogP contribution in [0.25, 0.3) is 0 Å². The van der Waals surface area contributed by atoms with Crippen LogP contribution in [0.4, 0.5) is 0 Å². The first kappa shape index (κ1) is 10.5. The number of ether oxygens (including phenoxy) is 1. The molecule has 0 spiro atoms. The fraction of sp³-hybridized carbons (Fsp3) is 0.857. The van der Waals surface area contributed by atoms with Crippen molar-refractivity contribution in [1.82, 2.24) is 0 Å². The average Bonchev–Trinajstić information content (AvgIpc) is 2.25. The Morgan fingerprint density at radius 3 is 2.56 bits per heavy atom. The van der Waals surface area contributed by atoms with E-state index >= 15 is 0 Å². The molecule has 0 heterocycles. The Labute approximate surface area is 97.4 Å². The van der Waals surface area contributed by atoms with Crippen LogP contribution in [-0.2, 0) is 4.74 Å². The van der Waals surface area contributed by atoms with Gasteiger partial charge in [0.05, 0.1) is 18.1 Å². The summed E-state index contributed by atoms with van der Waals surface area (Å²) in [5.41, 5.74) is -0.121. The van der Waals surface area contributed by atoms with Crippen LogP contribution in [0, 0.1) is 35.2 Å². The summed E-state index contributed by atoms with van der Waals surface area (Å²) in [6.45, 7) is 2.58. The average molecular weight is 220 g/mol. The molecule has 0 saturated heterocycles. The molecule has 2 nitrogen and oxygen atoms in total. The third-order valence-corrected chi connectivity index (χ3v) is 4.77. The summed E-state index contributed by atoms with van der Waals surface area (Å²) in [5, 5.41) is 10.4. The van der Waals surface area contributed by atoms with Crippen LogP contribution in [0.1, 0.15) is 39.0 Å². The van der Waals surface area contributed by atoms with Gasteiger partial charge in [-0.05, 0) is 56.8 Å². The fourth-order valence-corrected chi connectivity index (χ4v) is 4.40. The van der Waals surface area contributed by atoms with Gasteiger partial charge in [-0.3, -0.25) is 0 Å². The van der Waals surface area contributed by atoms with E-state index in [-0.39, 0.29) is 11.5 Å². The highest BCUT2D eigenvalue weighted by Crippen LogP contribution is 2.59. The van der Waals surface area contributed by atoms with E-state index in [0.29, 0.717) is 12.5 Å². The smallest absolute Gasteiger partial charge is 0.110 e. The summed E-state index contributed by atoms with van der Waals surface area (Å²) >= 11 is 0. The first-order valence-corrected chi connectivity index (χ1v) is 6.55. The van der Waals surface area contributed by atoms with E-state index < -0.39 is 0 Å². The predicted molar refractivity (Wildman–Crippen MR) is 61.4 cm³/mol. The highest BCUT2D eigenvalue weighted by Gasteiger charge is 2.56. The van der Waals surface area contributed by atoms with E-state index in [2.05, 4.69) is 12.0 Å². The largest absolute Gasteiger partial charge is 0.447 e. The first-order chi connectivity index (χ1) is 7.73. The molecule has 0 aromatic heterocycles. The Morgan fingerprint density at radius 1 is 1.25 bits per heavy atom. The minimum atomic E-state index is -0.201. The molecule has 5 atom stereocenters. The lowest BCUT2D eigenvalue weighted by molar-refractivity contribution is -0.126. The molecule has 0 aromatic carbocycles. The summed E-state index contributed by atoms with van der Waals surface area (Å²) in [4.78, 5) is 0. The van der Waals surface area contributed by atoms with Crippen LogP contribution in [-0.4, -0.2) is 17.8 Å². The molecule has 3 unspecified atom stereocenters. The van der Waals surface area contributed by atoms with Gasteiger partial charge >= 0.3 is 0 Å². The number of aliphatic hydroxyl groups is 1. The first-order valence-electron chi connectivity index (χ1n) is 6.55. The molecule has 1 N–H and O–H groups in total. The summed E-state index contributed by atoms with van der Waals surface area (Å²) in [5.74, 6) is 5.40. The van der Waals surface area contributed by atoms with Crippen LogP contribution in [0.5, 0.6) is 0 Å². The van der Waals surface area contributed by atoms with E-state index in [9.17, 15) is 5.11 Å². The Hall–Kier alpha value is -0.680. The SMILES string of the molecule is CCOC#CC12C[C@@H]3CC(C[C@@H](C3)C1)C2O. The van der Waals surface area contributed by atoms with Gasteiger partial charge in [-0.1, -0.05) is 5.92 Å². The lowest BCUT2D eigenvalue weighted by atomic mass is 9.48. The summed E-state index contributed by atoms with van der Waals surface area (Å²) in [6.07, 6.45) is 8.65. The van der Waals surface area contributed by atoms with E-state index in [1.165, 1.54) is 19.3 Å². The zero-order valence-electron chi connectivity index (χ0n) is 9.91. The minimum Gasteiger partial charge on any atom is -0.447 e. The molecule has 88 valence electrons. The van der Waals surface area contributed by atoms with Crippen molar-refractivity contribution >= 4 is 0 Å². The standard InChI is InChI=1S/C14H20O2/c1-2-16-4-3-14-8-10-5-11(9-14)7-12(6-10)13(14)15/h10-13,15H,2,5-9H2,1H3/t10-,11+,12?,13?,14?. The zero-order chi connectivity index (χ0) is 11.2. The van der Waals surface area contributed by atoms with Gasteiger partial charge in [-0.15, -0.1) is 0 Å². The molecule has 0 aliphatic heterocycles. The minimum absolute atomic E-state index is 0.121. The zero-order valence-corrected chi connectivity index (χ0v) is 9.91. The van der Waals surface area contributed by atoms with Crippen molar-refractivity contribution in [2.75, 3.05) is 6.61 Å². The second-order valence-corrected chi connectivity index (χ2v) is 5.87. The van der Waals surface area contributed by atoms with Crippen molar-refractivity contribution in [1.29, 1.82) is 0 Å². The molecular weight excluding hydrogens is 200 g/mol. The summed E-state index contributed by atoms with van der Waals surface area (Å²) < 4.78 is 5.15. The van der Waals surface area contributed by atoms with E-state index in [4.69, 9.17) is 4.74 Å². The van der Waals surface area contributed by atoms with E-state index in [1.807, 2.05) is 6.92 Å². The molecular formula is C14H20O2. The van der Waals surface area contributed by atoms with Crippen molar-refractivity contribution in [2.24, 2.45) is 23.2 Å². The molecule has 16 heavy (non-hydrogen) atoms. The van der Waals surface area contributed by atoms with Crippen LogP contribution >= 0.6 is 0 Å². The Bertz CT molecular complexity index is 324. The number of hydrogen-bond donors (Lipinski definition) is 1. The maximum Gasteiger partial charge on any atom is 0.110 e. The number of rotatable bonds is 1. The lowest BCUT2D eigenvalue weighted by Gasteiger charge is -2.57. The van der Waals surface area contributed by atoms with Crippen molar-refractivity contribution < 1.29 is 9.84 Å². The molecule has 0 amide bonds. The van der Waals surface area contributed by atoms with Gasteiger partial charge in [0.2, 0.25) is 0 Å². The van der Waals surface area contributed by atoms with Crippen LogP contribution in [0.2, 0.25) is 0 Å². The van der Waals surface area contributed by atoms with Gasteiger partial charge in [0.15, 0.2) is 0 Å². The maximum atomic E-state index is 10.4. The fourth-order valence-electron chi connectivity index (χ4n) is 4.40. The van der Waals surface area contributed by atoms with Crippen LogP contribution in [0.3, 0.4) is 0 Å². The third kappa shape index (κ3) is 1.45. The second-order valence-electron chi connectivity index (χ2n) is 5.87. The Morgan fingerprint density at radius 2 is 1.94 bits per heavy atom. The predicted octanol–water partition coefficient (Wildman–Crippen LogP) is 2.17. The quantitative estimate of drug-likeness (QED) is 0.686. The van der Waals surface area contributed by atoms with Gasteiger partial charge in [0, 0.05) is 0 Å². The van der Waals surface area contributed by atoms with E-state index in [1.54, 1.807) is 0 Å².